The summed E-state index contributed by atoms with van der Waals surface area (Å²) >= 11 is 3.47. The number of aliphatic hydroxyl groups excluding tert-OH is 1. The summed E-state index contributed by atoms with van der Waals surface area (Å²) in [6.07, 6.45) is 1.47. The number of nitrogens with zero attached hydrogens (tertiary/aromatic N) is 1. The second-order valence-electron chi connectivity index (χ2n) is 3.90. The Bertz CT molecular complexity index is 531. The Hall–Kier alpha value is -1.39. The average molecular weight is 308 g/mol. The Labute approximate surface area is 115 Å². The van der Waals surface area contributed by atoms with Crippen LogP contribution < -0.4 is 4.74 Å². The van der Waals surface area contributed by atoms with Crippen LogP contribution in [0.15, 0.2) is 47.1 Å². The van der Waals surface area contributed by atoms with E-state index in [2.05, 4.69) is 20.9 Å². The van der Waals surface area contributed by atoms with E-state index in [4.69, 9.17) is 4.74 Å². The average Bonchev–Trinajstić information content (AvgIpc) is 2.41. The highest BCUT2D eigenvalue weighted by Gasteiger charge is 2.16. The van der Waals surface area contributed by atoms with Gasteiger partial charge in [0.1, 0.15) is 17.5 Å². The van der Waals surface area contributed by atoms with Crippen LogP contribution in [-0.4, -0.2) is 17.2 Å². The largest absolute Gasteiger partial charge is 0.495 e. The summed E-state index contributed by atoms with van der Waals surface area (Å²) < 4.78 is 6.19. The van der Waals surface area contributed by atoms with Gasteiger partial charge in [-0.25, -0.2) is 0 Å². The maximum Gasteiger partial charge on any atom is 0.143 e. The van der Waals surface area contributed by atoms with E-state index in [1.807, 2.05) is 24.3 Å². The number of aromatic nitrogens is 1. The van der Waals surface area contributed by atoms with Crippen LogP contribution in [0.5, 0.6) is 5.75 Å². The molecule has 0 amide bonds. The number of hydrogen-bond acceptors (Lipinski definition) is 3. The van der Waals surface area contributed by atoms with E-state index in [1.165, 1.54) is 0 Å². The molecule has 2 rings (SSSR count). The first-order valence-corrected chi connectivity index (χ1v) is 6.42. The van der Waals surface area contributed by atoms with Crippen molar-refractivity contribution in [3.63, 3.8) is 0 Å². The lowest BCUT2D eigenvalue weighted by Gasteiger charge is -2.14. The zero-order valence-corrected chi connectivity index (χ0v) is 11.6. The normalized spacial score (nSPS) is 12.2. The number of ether oxygens (including phenoxy) is 1. The summed E-state index contributed by atoms with van der Waals surface area (Å²) in [5.41, 5.74) is 1.61. The van der Waals surface area contributed by atoms with Crippen LogP contribution in [0.3, 0.4) is 0 Å². The van der Waals surface area contributed by atoms with Gasteiger partial charge in [-0.2, -0.15) is 0 Å². The fourth-order valence-corrected chi connectivity index (χ4v) is 2.24. The van der Waals surface area contributed by atoms with Gasteiger partial charge in [-0.3, -0.25) is 4.98 Å². The van der Waals surface area contributed by atoms with Gasteiger partial charge in [-0.15, -0.1) is 0 Å². The SMILES string of the molecule is COc1cccnc1C(O)Cc1ccccc1Br. The predicted molar refractivity (Wildman–Crippen MR) is 73.6 cm³/mol. The molecule has 0 radical (unpaired) electrons. The van der Waals surface area contributed by atoms with Crippen molar-refractivity contribution in [1.82, 2.24) is 4.98 Å². The molecule has 0 saturated carbocycles. The first-order valence-electron chi connectivity index (χ1n) is 5.62. The molecule has 94 valence electrons. The van der Waals surface area contributed by atoms with E-state index >= 15 is 0 Å². The highest BCUT2D eigenvalue weighted by atomic mass is 79.9. The Balaban J connectivity index is 2.22. The molecule has 18 heavy (non-hydrogen) atoms. The topological polar surface area (TPSA) is 42.4 Å². The highest BCUT2D eigenvalue weighted by molar-refractivity contribution is 9.10. The molecule has 0 bridgehead atoms. The minimum Gasteiger partial charge on any atom is -0.495 e. The first kappa shape index (κ1) is 13.1. The standard InChI is InChI=1S/C14H14BrNO2/c1-18-13-7-4-8-16-14(13)12(17)9-10-5-2-3-6-11(10)15/h2-8,12,17H,9H2,1H3. The minimum atomic E-state index is -0.681. The molecular formula is C14H14BrNO2. The zero-order chi connectivity index (χ0) is 13.0. The van der Waals surface area contributed by atoms with Crippen molar-refractivity contribution in [2.75, 3.05) is 7.11 Å². The minimum absolute atomic E-state index is 0.495. The van der Waals surface area contributed by atoms with E-state index in [-0.39, 0.29) is 0 Å². The number of aliphatic hydroxyl groups is 1. The highest BCUT2D eigenvalue weighted by Crippen LogP contribution is 2.27. The van der Waals surface area contributed by atoms with Crippen molar-refractivity contribution in [2.24, 2.45) is 0 Å². The van der Waals surface area contributed by atoms with E-state index in [9.17, 15) is 5.11 Å². The molecule has 0 aliphatic carbocycles. The summed E-state index contributed by atoms with van der Waals surface area (Å²) in [6.45, 7) is 0. The van der Waals surface area contributed by atoms with Gasteiger partial charge in [0.05, 0.1) is 7.11 Å². The summed E-state index contributed by atoms with van der Waals surface area (Å²) in [6, 6.07) is 11.4. The molecule has 0 aliphatic heterocycles. The fourth-order valence-electron chi connectivity index (χ4n) is 1.79. The van der Waals surface area contributed by atoms with Gasteiger partial charge in [-0.1, -0.05) is 34.1 Å². The van der Waals surface area contributed by atoms with Crippen LogP contribution in [0.25, 0.3) is 0 Å². The summed E-state index contributed by atoms with van der Waals surface area (Å²) in [7, 11) is 1.58. The second-order valence-corrected chi connectivity index (χ2v) is 4.76. The third-order valence-electron chi connectivity index (χ3n) is 2.71. The maximum absolute atomic E-state index is 10.2. The molecule has 1 unspecified atom stereocenters. The first-order chi connectivity index (χ1) is 8.72. The van der Waals surface area contributed by atoms with Crippen LogP contribution in [0.1, 0.15) is 17.4 Å². The molecule has 1 aromatic heterocycles. The molecule has 4 heteroatoms. The molecule has 1 aromatic carbocycles. The Morgan fingerprint density at radius 3 is 2.78 bits per heavy atom. The van der Waals surface area contributed by atoms with Gasteiger partial charge in [0.15, 0.2) is 0 Å². The van der Waals surface area contributed by atoms with Crippen molar-refractivity contribution >= 4 is 15.9 Å². The Morgan fingerprint density at radius 2 is 2.06 bits per heavy atom. The van der Waals surface area contributed by atoms with E-state index in [1.54, 1.807) is 25.4 Å². The smallest absolute Gasteiger partial charge is 0.143 e. The quantitative estimate of drug-likeness (QED) is 0.943. The summed E-state index contributed by atoms with van der Waals surface area (Å²) in [5.74, 6) is 0.608. The van der Waals surface area contributed by atoms with Gasteiger partial charge in [0.2, 0.25) is 0 Å². The molecule has 3 nitrogen and oxygen atoms in total. The predicted octanol–water partition coefficient (Wildman–Crippen LogP) is 3.13. The lowest BCUT2D eigenvalue weighted by molar-refractivity contribution is 0.168. The molecule has 0 fully saturated rings. The number of halogens is 1. The Morgan fingerprint density at radius 1 is 1.28 bits per heavy atom. The number of methoxy groups -OCH3 is 1. The van der Waals surface area contributed by atoms with E-state index in [0.29, 0.717) is 17.9 Å². The number of pyridine rings is 1. The van der Waals surface area contributed by atoms with Crippen molar-refractivity contribution < 1.29 is 9.84 Å². The van der Waals surface area contributed by atoms with Gasteiger partial charge < -0.3 is 9.84 Å². The molecule has 0 aliphatic rings. The lowest BCUT2D eigenvalue weighted by Crippen LogP contribution is -2.06. The second kappa shape index (κ2) is 5.98. The lowest BCUT2D eigenvalue weighted by atomic mass is 10.0. The zero-order valence-electron chi connectivity index (χ0n) is 10.0. The van der Waals surface area contributed by atoms with Crippen LogP contribution in [0.2, 0.25) is 0 Å². The molecule has 1 atom stereocenters. The van der Waals surface area contributed by atoms with Gasteiger partial charge in [0.25, 0.3) is 0 Å². The van der Waals surface area contributed by atoms with E-state index in [0.717, 1.165) is 10.0 Å². The van der Waals surface area contributed by atoms with Crippen LogP contribution >= 0.6 is 15.9 Å². The number of benzene rings is 1. The van der Waals surface area contributed by atoms with Crippen LogP contribution in [0, 0.1) is 0 Å². The molecule has 2 aromatic rings. The third-order valence-corrected chi connectivity index (χ3v) is 3.48. The Kier molecular flexibility index (Phi) is 4.33. The van der Waals surface area contributed by atoms with Gasteiger partial charge in [0, 0.05) is 17.1 Å². The fraction of sp³-hybridized carbons (Fsp3) is 0.214. The van der Waals surface area contributed by atoms with Gasteiger partial charge in [-0.05, 0) is 23.8 Å². The maximum atomic E-state index is 10.2. The van der Waals surface area contributed by atoms with Gasteiger partial charge >= 0.3 is 0 Å². The van der Waals surface area contributed by atoms with Crippen LogP contribution in [0.4, 0.5) is 0 Å². The van der Waals surface area contributed by atoms with Crippen molar-refractivity contribution in [3.8, 4) is 5.75 Å². The van der Waals surface area contributed by atoms with Crippen LogP contribution in [-0.2, 0) is 6.42 Å². The molecular weight excluding hydrogens is 294 g/mol. The monoisotopic (exact) mass is 307 g/mol. The summed E-state index contributed by atoms with van der Waals surface area (Å²) in [5, 5.41) is 10.2. The third kappa shape index (κ3) is 2.89. The number of rotatable bonds is 4. The molecule has 0 saturated heterocycles. The molecule has 1 heterocycles. The summed E-state index contributed by atoms with van der Waals surface area (Å²) in [4.78, 5) is 4.18. The van der Waals surface area contributed by atoms with Crippen molar-refractivity contribution in [1.29, 1.82) is 0 Å². The molecule has 0 spiro atoms. The van der Waals surface area contributed by atoms with Crippen molar-refractivity contribution in [2.45, 2.75) is 12.5 Å². The van der Waals surface area contributed by atoms with Crippen molar-refractivity contribution in [3.05, 3.63) is 58.3 Å². The molecule has 1 N–H and O–H groups in total. The van der Waals surface area contributed by atoms with E-state index < -0.39 is 6.10 Å². The number of hydrogen-bond donors (Lipinski definition) is 1.